The van der Waals surface area contributed by atoms with E-state index in [0.717, 1.165) is 16.6 Å². The maximum Gasteiger partial charge on any atom is 0.114 e. The fourth-order valence-corrected chi connectivity index (χ4v) is 1.15. The molecule has 2 N–H and O–H groups in total. The topological polar surface area (TPSA) is 53.6 Å². The van der Waals surface area contributed by atoms with E-state index in [2.05, 4.69) is 32.6 Å². The van der Waals surface area contributed by atoms with Crippen LogP contribution in [0.4, 0.5) is 0 Å². The van der Waals surface area contributed by atoms with Crippen LogP contribution in [0.15, 0.2) is 18.2 Å². The molecule has 0 radical (unpaired) electrons. The molecule has 0 saturated heterocycles. The molecule has 0 saturated carbocycles. The van der Waals surface area contributed by atoms with E-state index in [0.29, 0.717) is 6.54 Å². The Morgan fingerprint density at radius 1 is 1.36 bits per heavy atom. The molecule has 0 unspecified atom stereocenters. The third kappa shape index (κ3) is 1.73. The van der Waals surface area contributed by atoms with Gasteiger partial charge in [0.05, 0.1) is 6.54 Å². The number of hydrogen-bond donors (Lipinski definition) is 2. The third-order valence-electron chi connectivity index (χ3n) is 1.81. The molecule has 14 heavy (non-hydrogen) atoms. The number of nitrogens with one attached hydrogen (secondary N) is 2. The first-order chi connectivity index (χ1) is 6.90. The van der Waals surface area contributed by atoms with E-state index in [1.165, 1.54) is 0 Å². The van der Waals surface area contributed by atoms with Gasteiger partial charge in [0.25, 0.3) is 0 Å². The maximum absolute atomic E-state index is 3.99. The van der Waals surface area contributed by atoms with Crippen LogP contribution in [0.1, 0.15) is 5.56 Å². The molecule has 0 aliphatic rings. The molecule has 0 fully saturated rings. The summed E-state index contributed by atoms with van der Waals surface area (Å²) in [7, 11) is 1.87. The Balaban J connectivity index is 2.31. The second-order valence-electron chi connectivity index (χ2n) is 2.86. The number of hydrogen-bond acceptors (Lipinski definition) is 3. The number of nitrogens with zero attached hydrogens (tertiary/aromatic N) is 2. The van der Waals surface area contributed by atoms with Crippen LogP contribution in [0.2, 0.25) is 0 Å². The van der Waals surface area contributed by atoms with Gasteiger partial charge in [-0.2, -0.15) is 15.4 Å². The Morgan fingerprint density at radius 2 is 2.21 bits per heavy atom. The fourth-order valence-electron chi connectivity index (χ4n) is 1.15. The minimum absolute atomic E-state index is 0.691. The number of aromatic nitrogens is 3. The van der Waals surface area contributed by atoms with Crippen molar-refractivity contribution >= 4 is 11.0 Å². The summed E-state index contributed by atoms with van der Waals surface area (Å²) in [4.78, 5) is 0. The lowest BCUT2D eigenvalue weighted by atomic mass is 10.2. The first-order valence-electron chi connectivity index (χ1n) is 4.34. The van der Waals surface area contributed by atoms with Crippen molar-refractivity contribution in [2.24, 2.45) is 0 Å². The van der Waals surface area contributed by atoms with Gasteiger partial charge in [-0.3, -0.25) is 0 Å². The Labute approximate surface area is 81.7 Å². The molecule has 70 valence electrons. The minimum atomic E-state index is 0.691. The van der Waals surface area contributed by atoms with Gasteiger partial charge < -0.3 is 5.32 Å². The zero-order chi connectivity index (χ0) is 9.80. The third-order valence-corrected chi connectivity index (χ3v) is 1.81. The quantitative estimate of drug-likeness (QED) is 0.639. The smallest absolute Gasteiger partial charge is 0.114 e. The Kier molecular flexibility index (Phi) is 2.43. The highest BCUT2D eigenvalue weighted by molar-refractivity contribution is 5.75. The van der Waals surface area contributed by atoms with Gasteiger partial charge in [0.1, 0.15) is 11.0 Å². The van der Waals surface area contributed by atoms with Crippen molar-refractivity contribution in [3.63, 3.8) is 0 Å². The molecular formula is C10H10N4. The molecule has 0 spiro atoms. The average molecular weight is 186 g/mol. The average Bonchev–Trinajstić information content (AvgIpc) is 2.65. The van der Waals surface area contributed by atoms with Crippen molar-refractivity contribution in [3.05, 3.63) is 23.8 Å². The predicted molar refractivity (Wildman–Crippen MR) is 54.7 cm³/mol. The van der Waals surface area contributed by atoms with E-state index >= 15 is 0 Å². The molecule has 4 nitrogen and oxygen atoms in total. The van der Waals surface area contributed by atoms with Crippen LogP contribution in [-0.2, 0) is 0 Å². The van der Waals surface area contributed by atoms with Crippen LogP contribution in [0.25, 0.3) is 11.0 Å². The second kappa shape index (κ2) is 3.90. The first kappa shape index (κ1) is 8.73. The zero-order valence-corrected chi connectivity index (χ0v) is 7.83. The van der Waals surface area contributed by atoms with Gasteiger partial charge in [-0.15, -0.1) is 0 Å². The van der Waals surface area contributed by atoms with E-state index in [-0.39, 0.29) is 0 Å². The van der Waals surface area contributed by atoms with E-state index in [4.69, 9.17) is 0 Å². The predicted octanol–water partition coefficient (Wildman–Crippen LogP) is 0.529. The highest BCUT2D eigenvalue weighted by atomic mass is 15.3. The summed E-state index contributed by atoms with van der Waals surface area (Å²) >= 11 is 0. The van der Waals surface area contributed by atoms with Gasteiger partial charge in [0.2, 0.25) is 0 Å². The summed E-state index contributed by atoms with van der Waals surface area (Å²) < 4.78 is 0. The number of benzene rings is 1. The standard InChI is InChI=1S/C10H10N4/c1-11-6-2-3-8-4-5-9-10(7-8)13-14-12-9/h4-5,7,11H,6H2,1H3,(H,12,13,14). The Morgan fingerprint density at radius 3 is 3.07 bits per heavy atom. The summed E-state index contributed by atoms with van der Waals surface area (Å²) in [5.74, 6) is 6.02. The lowest BCUT2D eigenvalue weighted by Gasteiger charge is -1.88. The number of rotatable bonds is 1. The Hall–Kier alpha value is -1.86. The Bertz CT molecular complexity index is 489. The molecule has 0 amide bonds. The summed E-state index contributed by atoms with van der Waals surface area (Å²) in [6.07, 6.45) is 0. The molecule has 1 aromatic heterocycles. The van der Waals surface area contributed by atoms with E-state index in [1.807, 2.05) is 25.2 Å². The second-order valence-corrected chi connectivity index (χ2v) is 2.86. The van der Waals surface area contributed by atoms with Crippen LogP contribution in [0.3, 0.4) is 0 Å². The van der Waals surface area contributed by atoms with Crippen LogP contribution in [0, 0.1) is 11.8 Å². The van der Waals surface area contributed by atoms with Crippen LogP contribution in [0.5, 0.6) is 0 Å². The molecule has 0 aliphatic heterocycles. The molecular weight excluding hydrogens is 176 g/mol. The maximum atomic E-state index is 3.99. The molecule has 0 bridgehead atoms. The van der Waals surface area contributed by atoms with Gasteiger partial charge in [0, 0.05) is 5.56 Å². The van der Waals surface area contributed by atoms with Gasteiger partial charge in [-0.25, -0.2) is 0 Å². The van der Waals surface area contributed by atoms with Gasteiger partial charge in [-0.05, 0) is 25.2 Å². The monoisotopic (exact) mass is 186 g/mol. The highest BCUT2D eigenvalue weighted by Gasteiger charge is 1.96. The van der Waals surface area contributed by atoms with Gasteiger partial charge in [0.15, 0.2) is 0 Å². The van der Waals surface area contributed by atoms with Crippen molar-refractivity contribution in [2.45, 2.75) is 0 Å². The lowest BCUT2D eigenvalue weighted by Crippen LogP contribution is -2.04. The summed E-state index contributed by atoms with van der Waals surface area (Å²) in [6, 6.07) is 5.76. The minimum Gasteiger partial charge on any atom is -0.309 e. The molecule has 0 atom stereocenters. The molecule has 1 heterocycles. The summed E-state index contributed by atoms with van der Waals surface area (Å²) in [5, 5.41) is 13.5. The summed E-state index contributed by atoms with van der Waals surface area (Å²) in [5.41, 5.74) is 2.67. The van der Waals surface area contributed by atoms with Crippen LogP contribution < -0.4 is 5.32 Å². The zero-order valence-electron chi connectivity index (χ0n) is 7.83. The molecule has 4 heteroatoms. The fraction of sp³-hybridized carbons (Fsp3) is 0.200. The summed E-state index contributed by atoms with van der Waals surface area (Å²) in [6.45, 7) is 0.691. The first-order valence-corrected chi connectivity index (χ1v) is 4.34. The lowest BCUT2D eigenvalue weighted by molar-refractivity contribution is 0.938. The SMILES string of the molecule is CNCC#Cc1ccc2n[nH]nc2c1. The molecule has 1 aromatic carbocycles. The van der Waals surface area contributed by atoms with E-state index < -0.39 is 0 Å². The molecule has 0 aliphatic carbocycles. The molecule has 2 aromatic rings. The van der Waals surface area contributed by atoms with Crippen molar-refractivity contribution in [3.8, 4) is 11.8 Å². The largest absolute Gasteiger partial charge is 0.309 e. The molecule has 2 rings (SSSR count). The van der Waals surface area contributed by atoms with Crippen LogP contribution >= 0.6 is 0 Å². The van der Waals surface area contributed by atoms with Crippen molar-refractivity contribution < 1.29 is 0 Å². The number of aromatic amines is 1. The van der Waals surface area contributed by atoms with Crippen LogP contribution in [-0.4, -0.2) is 29.0 Å². The van der Waals surface area contributed by atoms with Gasteiger partial charge >= 0.3 is 0 Å². The van der Waals surface area contributed by atoms with Gasteiger partial charge in [-0.1, -0.05) is 11.8 Å². The highest BCUT2D eigenvalue weighted by Crippen LogP contribution is 2.08. The van der Waals surface area contributed by atoms with Crippen molar-refractivity contribution in [1.29, 1.82) is 0 Å². The van der Waals surface area contributed by atoms with E-state index in [9.17, 15) is 0 Å². The number of fused-ring (bicyclic) bond motifs is 1. The van der Waals surface area contributed by atoms with Crippen molar-refractivity contribution in [2.75, 3.05) is 13.6 Å². The normalized spacial score (nSPS) is 9.79. The van der Waals surface area contributed by atoms with Crippen molar-refractivity contribution in [1.82, 2.24) is 20.7 Å². The number of H-pyrrole nitrogens is 1. The van der Waals surface area contributed by atoms with E-state index in [1.54, 1.807) is 0 Å².